The normalized spacial score (nSPS) is 9.56. The molecule has 0 atom stereocenters. The van der Waals surface area contributed by atoms with Gasteiger partial charge in [0.15, 0.2) is 0 Å². The Hall–Kier alpha value is -2.53. The van der Waals surface area contributed by atoms with Crippen molar-refractivity contribution >= 4 is 5.97 Å². The van der Waals surface area contributed by atoms with Crippen molar-refractivity contribution < 1.29 is 9.53 Å². The molecule has 0 radical (unpaired) electrons. The van der Waals surface area contributed by atoms with Crippen LogP contribution >= 0.6 is 0 Å². The van der Waals surface area contributed by atoms with E-state index < -0.39 is 5.97 Å². The number of methoxy groups -OCH3 is 1. The first kappa shape index (κ1) is 11.9. The fourth-order valence-electron chi connectivity index (χ4n) is 1.76. The Bertz CT molecular complexity index is 607. The highest BCUT2D eigenvalue weighted by Crippen LogP contribution is 2.22. The second-order valence-corrected chi connectivity index (χ2v) is 3.76. The second-order valence-electron chi connectivity index (χ2n) is 3.76. The molecule has 0 bridgehead atoms. The Labute approximate surface area is 106 Å². The lowest BCUT2D eigenvalue weighted by atomic mass is 9.99. The lowest BCUT2D eigenvalue weighted by molar-refractivity contribution is 0.0600. The lowest BCUT2D eigenvalue weighted by Gasteiger charge is -2.06. The van der Waals surface area contributed by atoms with Crippen molar-refractivity contribution in [2.24, 2.45) is 0 Å². The molecule has 2 aromatic rings. The molecule has 88 valence electrons. The predicted octanol–water partition coefficient (Wildman–Crippen LogP) is 3.12. The molecule has 0 unspecified atom stereocenters. The zero-order valence-electron chi connectivity index (χ0n) is 10.0. The van der Waals surface area contributed by atoms with Crippen molar-refractivity contribution in [3.63, 3.8) is 0 Å². The number of hydrogen-bond donors (Lipinski definition) is 0. The minimum atomic E-state index is -0.414. The van der Waals surface area contributed by atoms with E-state index in [9.17, 15) is 4.79 Å². The van der Waals surface area contributed by atoms with Crippen molar-refractivity contribution in [3.05, 3.63) is 59.7 Å². The zero-order chi connectivity index (χ0) is 13.0. The van der Waals surface area contributed by atoms with Crippen LogP contribution in [0.5, 0.6) is 0 Å². The summed E-state index contributed by atoms with van der Waals surface area (Å²) >= 11 is 0. The van der Waals surface area contributed by atoms with Gasteiger partial charge in [0.2, 0.25) is 0 Å². The Morgan fingerprint density at radius 3 is 2.44 bits per heavy atom. The number of hydrogen-bond acceptors (Lipinski definition) is 2. The highest BCUT2D eigenvalue weighted by Gasteiger charge is 2.11. The molecular weight excluding hydrogens is 224 g/mol. The highest BCUT2D eigenvalue weighted by atomic mass is 16.5. The monoisotopic (exact) mass is 236 g/mol. The first-order valence-electron chi connectivity index (χ1n) is 5.50. The summed E-state index contributed by atoms with van der Waals surface area (Å²) in [6.07, 6.45) is 5.43. The fraction of sp³-hybridized carbons (Fsp3) is 0.0625. The first-order valence-corrected chi connectivity index (χ1v) is 5.50. The molecule has 0 saturated carbocycles. The van der Waals surface area contributed by atoms with Crippen LogP contribution in [0.15, 0.2) is 48.5 Å². The summed E-state index contributed by atoms with van der Waals surface area (Å²) < 4.78 is 4.69. The summed E-state index contributed by atoms with van der Waals surface area (Å²) in [4.78, 5) is 11.5. The van der Waals surface area contributed by atoms with Crippen LogP contribution in [0.3, 0.4) is 0 Å². The number of esters is 1. The maximum Gasteiger partial charge on any atom is 0.339 e. The SMILES string of the molecule is C#Cc1cc(-c2ccccc2)ccc1C(=O)OC. The van der Waals surface area contributed by atoms with Gasteiger partial charge in [-0.15, -0.1) is 6.42 Å². The largest absolute Gasteiger partial charge is 0.465 e. The molecular formula is C16H12O2. The number of terminal acetylenes is 1. The molecule has 0 fully saturated rings. The van der Waals surface area contributed by atoms with Crippen LogP contribution in [-0.2, 0) is 4.74 Å². The summed E-state index contributed by atoms with van der Waals surface area (Å²) in [6.45, 7) is 0. The van der Waals surface area contributed by atoms with Gasteiger partial charge in [0.1, 0.15) is 0 Å². The fourth-order valence-corrected chi connectivity index (χ4v) is 1.76. The van der Waals surface area contributed by atoms with Gasteiger partial charge in [-0.3, -0.25) is 0 Å². The van der Waals surface area contributed by atoms with Gasteiger partial charge in [-0.05, 0) is 23.3 Å². The minimum Gasteiger partial charge on any atom is -0.465 e. The summed E-state index contributed by atoms with van der Waals surface area (Å²) in [7, 11) is 1.34. The third kappa shape index (κ3) is 2.26. The molecule has 0 aliphatic rings. The van der Waals surface area contributed by atoms with E-state index in [0.717, 1.165) is 11.1 Å². The van der Waals surface area contributed by atoms with Crippen molar-refractivity contribution in [1.29, 1.82) is 0 Å². The third-order valence-electron chi connectivity index (χ3n) is 2.69. The molecule has 18 heavy (non-hydrogen) atoms. The van der Waals surface area contributed by atoms with Crippen LogP contribution < -0.4 is 0 Å². The summed E-state index contributed by atoms with van der Waals surface area (Å²) in [5, 5.41) is 0. The number of rotatable bonds is 2. The van der Waals surface area contributed by atoms with Crippen molar-refractivity contribution in [2.75, 3.05) is 7.11 Å². The van der Waals surface area contributed by atoms with Crippen molar-refractivity contribution in [1.82, 2.24) is 0 Å². The Morgan fingerprint density at radius 1 is 1.11 bits per heavy atom. The van der Waals surface area contributed by atoms with E-state index in [1.807, 2.05) is 42.5 Å². The molecule has 2 aromatic carbocycles. The number of ether oxygens (including phenoxy) is 1. The third-order valence-corrected chi connectivity index (χ3v) is 2.69. The van der Waals surface area contributed by atoms with Gasteiger partial charge in [-0.1, -0.05) is 42.3 Å². The van der Waals surface area contributed by atoms with E-state index >= 15 is 0 Å². The van der Waals surface area contributed by atoms with E-state index in [4.69, 9.17) is 6.42 Å². The van der Waals surface area contributed by atoms with E-state index in [0.29, 0.717) is 11.1 Å². The summed E-state index contributed by atoms with van der Waals surface area (Å²) in [5.41, 5.74) is 3.00. The number of benzene rings is 2. The van der Waals surface area contributed by atoms with Gasteiger partial charge in [-0.25, -0.2) is 4.79 Å². The Morgan fingerprint density at radius 2 is 1.83 bits per heavy atom. The minimum absolute atomic E-state index is 0.414. The van der Waals surface area contributed by atoms with Gasteiger partial charge < -0.3 is 4.74 Å². The Kier molecular flexibility index (Phi) is 3.45. The average molecular weight is 236 g/mol. The van der Waals surface area contributed by atoms with Crippen LogP contribution in [0.25, 0.3) is 11.1 Å². The van der Waals surface area contributed by atoms with Crippen molar-refractivity contribution in [3.8, 4) is 23.5 Å². The molecule has 0 amide bonds. The standard InChI is InChI=1S/C16H12O2/c1-3-12-11-14(13-7-5-4-6-8-13)9-10-15(12)16(17)18-2/h1,4-11H,2H3. The lowest BCUT2D eigenvalue weighted by Crippen LogP contribution is -2.04. The van der Waals surface area contributed by atoms with Gasteiger partial charge >= 0.3 is 5.97 Å². The quantitative estimate of drug-likeness (QED) is 0.591. The van der Waals surface area contributed by atoms with Crippen molar-refractivity contribution in [2.45, 2.75) is 0 Å². The molecule has 0 aliphatic heterocycles. The summed E-state index contributed by atoms with van der Waals surface area (Å²) in [5.74, 6) is 2.11. The smallest absolute Gasteiger partial charge is 0.339 e. The van der Waals surface area contributed by atoms with Crippen LogP contribution in [0.2, 0.25) is 0 Å². The molecule has 0 aliphatic carbocycles. The van der Waals surface area contributed by atoms with Crippen LogP contribution in [0, 0.1) is 12.3 Å². The summed E-state index contributed by atoms with van der Waals surface area (Å²) in [6, 6.07) is 15.2. The zero-order valence-corrected chi connectivity index (χ0v) is 10.0. The van der Waals surface area contributed by atoms with E-state index in [-0.39, 0.29) is 0 Å². The number of carbonyl (C=O) groups excluding carboxylic acids is 1. The molecule has 0 N–H and O–H groups in total. The van der Waals surface area contributed by atoms with Crippen LogP contribution in [-0.4, -0.2) is 13.1 Å². The molecule has 0 saturated heterocycles. The topological polar surface area (TPSA) is 26.3 Å². The molecule has 2 nitrogen and oxygen atoms in total. The second kappa shape index (κ2) is 5.20. The predicted molar refractivity (Wildman–Crippen MR) is 71.2 cm³/mol. The van der Waals surface area contributed by atoms with E-state index in [2.05, 4.69) is 10.7 Å². The molecule has 0 spiro atoms. The average Bonchev–Trinajstić information content (AvgIpc) is 2.46. The molecule has 0 heterocycles. The van der Waals surface area contributed by atoms with E-state index in [1.54, 1.807) is 6.07 Å². The highest BCUT2D eigenvalue weighted by molar-refractivity contribution is 5.93. The molecule has 0 aromatic heterocycles. The Balaban J connectivity index is 2.50. The maximum atomic E-state index is 11.5. The van der Waals surface area contributed by atoms with Gasteiger partial charge in [0, 0.05) is 5.56 Å². The van der Waals surface area contributed by atoms with Gasteiger partial charge in [0.25, 0.3) is 0 Å². The van der Waals surface area contributed by atoms with Gasteiger partial charge in [0.05, 0.1) is 12.7 Å². The maximum absolute atomic E-state index is 11.5. The number of carbonyl (C=O) groups is 1. The molecule has 2 heteroatoms. The van der Waals surface area contributed by atoms with Gasteiger partial charge in [-0.2, -0.15) is 0 Å². The van der Waals surface area contributed by atoms with Crippen LogP contribution in [0.1, 0.15) is 15.9 Å². The first-order chi connectivity index (χ1) is 8.76. The van der Waals surface area contributed by atoms with E-state index in [1.165, 1.54) is 7.11 Å². The van der Waals surface area contributed by atoms with Crippen LogP contribution in [0.4, 0.5) is 0 Å². The molecule has 2 rings (SSSR count).